The molecule has 3 aliphatic heterocycles. The van der Waals surface area contributed by atoms with E-state index in [0.29, 0.717) is 0 Å². The first-order valence-electron chi connectivity index (χ1n) is 18.5. The number of phenols is 3. The number of rotatable bonds is 5. The third-order valence-electron chi connectivity index (χ3n) is 10.6. The summed E-state index contributed by atoms with van der Waals surface area (Å²) in [5.41, 5.74) is -0.628. The van der Waals surface area contributed by atoms with Crippen LogP contribution in [-0.4, -0.2) is 112 Å². The Balaban J connectivity index is 1.98. The maximum atomic E-state index is 14.3. The fraction of sp³-hybridized carbons (Fsp3) is 0.488. The maximum Gasteiger partial charge on any atom is 0.312 e. The summed E-state index contributed by atoms with van der Waals surface area (Å²) < 4.78 is 23.4. The van der Waals surface area contributed by atoms with Crippen LogP contribution < -0.4 is 10.1 Å². The minimum atomic E-state index is -2.06. The molecule has 57 heavy (non-hydrogen) atoms. The lowest BCUT2D eigenvalue weighted by molar-refractivity contribution is -0.160. The highest BCUT2D eigenvalue weighted by Gasteiger charge is 2.50. The predicted octanol–water partition coefficient (Wildman–Crippen LogP) is 4.68. The molecule has 310 valence electrons. The van der Waals surface area contributed by atoms with Crippen LogP contribution in [-0.2, 0) is 23.8 Å². The highest BCUT2D eigenvalue weighted by molar-refractivity contribution is 6.23. The standard InChI is InChI=1S/C41H54N4O12/c1-19-13-12-14-20(2)40(53)44-31-26(17-42-43-18-45(9)10)35(50)28-29(36(31)51)34(49)24(6)38-30(28)39(52)41(8,57-38)55-16-15-27(54-11)21(3)37(56-25(7)46)23(5)33(48)22(4)32(19)47/h12-19,21-23,27,32-33,37,47-51H,1-11H3,(H,44,53)/b13-12+,16-15+,20-14-,42-17+,43-18+/t19-,21+,22+,23+,27-,32-,33+,37+,41-/m0/s1. The third-order valence-corrected chi connectivity index (χ3v) is 10.6. The van der Waals surface area contributed by atoms with Crippen molar-refractivity contribution < 1.29 is 58.9 Å². The first kappa shape index (κ1) is 44.3. The second-order valence-corrected chi connectivity index (χ2v) is 15.1. The van der Waals surface area contributed by atoms with Gasteiger partial charge in [0.25, 0.3) is 11.7 Å². The van der Waals surface area contributed by atoms with Crippen molar-refractivity contribution in [2.75, 3.05) is 26.5 Å². The number of hydrogen-bond acceptors (Lipinski definition) is 14. The number of Topliss-reactive ketones (excluding diaryl/α,β-unsaturated/α-hetero) is 1. The van der Waals surface area contributed by atoms with Gasteiger partial charge in [0, 0.05) is 75.2 Å². The number of nitrogens with one attached hydrogen (secondary N) is 1. The van der Waals surface area contributed by atoms with Crippen molar-refractivity contribution in [3.63, 3.8) is 0 Å². The summed E-state index contributed by atoms with van der Waals surface area (Å²) in [6.45, 7) is 12.4. The summed E-state index contributed by atoms with van der Waals surface area (Å²) in [5.74, 6) is -8.66. The van der Waals surface area contributed by atoms with Gasteiger partial charge in [0.1, 0.15) is 29.7 Å². The normalized spacial score (nSPS) is 30.9. The number of aliphatic hydroxyl groups excluding tert-OH is 2. The number of anilines is 1. The van der Waals surface area contributed by atoms with Crippen molar-refractivity contribution in [3.8, 4) is 23.0 Å². The van der Waals surface area contributed by atoms with E-state index in [-0.39, 0.29) is 44.5 Å². The maximum absolute atomic E-state index is 14.3. The highest BCUT2D eigenvalue weighted by Crippen LogP contribution is 2.55. The molecule has 1 amide bonds. The van der Waals surface area contributed by atoms with Crippen LogP contribution in [0.1, 0.15) is 70.0 Å². The minimum Gasteiger partial charge on any atom is -0.507 e. The average molecular weight is 795 g/mol. The Bertz CT molecular complexity index is 2040. The number of carbonyl (C=O) groups excluding carboxylic acids is 3. The number of allylic oxidation sites excluding steroid dienone is 2. The molecule has 0 saturated carbocycles. The number of ether oxygens (including phenoxy) is 4. The number of hydrogen-bond donors (Lipinski definition) is 6. The van der Waals surface area contributed by atoms with Gasteiger partial charge in [0.2, 0.25) is 0 Å². The number of benzene rings is 2. The molecular formula is C41H54N4O12. The Morgan fingerprint density at radius 3 is 2.23 bits per heavy atom. The molecule has 3 heterocycles. The van der Waals surface area contributed by atoms with Gasteiger partial charge in [0.15, 0.2) is 5.75 Å². The van der Waals surface area contributed by atoms with Gasteiger partial charge in [-0.25, -0.2) is 0 Å². The van der Waals surface area contributed by atoms with Crippen LogP contribution in [0.4, 0.5) is 5.69 Å². The number of aromatic hydroxyl groups is 3. The first-order valence-corrected chi connectivity index (χ1v) is 18.5. The van der Waals surface area contributed by atoms with Crippen LogP contribution in [0.15, 0.2) is 46.3 Å². The van der Waals surface area contributed by atoms with Crippen molar-refractivity contribution in [2.45, 2.75) is 85.6 Å². The highest BCUT2D eigenvalue weighted by atomic mass is 16.7. The molecular weight excluding hydrogens is 740 g/mol. The molecule has 2 aromatic rings. The summed E-state index contributed by atoms with van der Waals surface area (Å²) in [7, 11) is 4.84. The Hall–Kier alpha value is -5.45. The zero-order valence-electron chi connectivity index (χ0n) is 34.1. The smallest absolute Gasteiger partial charge is 0.312 e. The molecule has 3 aliphatic rings. The number of phenolic OH excluding ortho intramolecular Hbond substituents is 3. The Labute approximate surface area is 331 Å². The molecule has 16 nitrogen and oxygen atoms in total. The van der Waals surface area contributed by atoms with Crippen molar-refractivity contribution in [3.05, 3.63) is 52.8 Å². The number of ketones is 1. The first-order chi connectivity index (χ1) is 26.7. The number of methoxy groups -OCH3 is 1. The Kier molecular flexibility index (Phi) is 13.8. The molecule has 6 N–H and O–H groups in total. The predicted molar refractivity (Wildman–Crippen MR) is 214 cm³/mol. The van der Waals surface area contributed by atoms with E-state index in [0.717, 1.165) is 6.21 Å². The van der Waals surface area contributed by atoms with Crippen LogP contribution >= 0.6 is 0 Å². The quantitative estimate of drug-likeness (QED) is 0.0604. The summed E-state index contributed by atoms with van der Waals surface area (Å²) in [6.07, 6.45) is 5.86. The Morgan fingerprint density at radius 2 is 1.61 bits per heavy atom. The monoisotopic (exact) mass is 794 g/mol. The van der Waals surface area contributed by atoms with Crippen molar-refractivity contribution >= 4 is 46.7 Å². The minimum absolute atomic E-state index is 0.0311. The van der Waals surface area contributed by atoms with Crippen molar-refractivity contribution in [1.29, 1.82) is 0 Å². The summed E-state index contributed by atoms with van der Waals surface area (Å²) >= 11 is 0. The van der Waals surface area contributed by atoms with Gasteiger partial charge in [-0.3, -0.25) is 14.4 Å². The fourth-order valence-corrected chi connectivity index (χ4v) is 7.10. The molecule has 16 heteroatoms. The molecule has 0 unspecified atom stereocenters. The average Bonchev–Trinajstić information content (AvgIpc) is 3.42. The molecule has 2 aromatic carbocycles. The van der Waals surface area contributed by atoms with Gasteiger partial charge in [-0.2, -0.15) is 5.10 Å². The zero-order valence-corrected chi connectivity index (χ0v) is 34.1. The van der Waals surface area contributed by atoms with Crippen LogP contribution in [0.3, 0.4) is 0 Å². The summed E-state index contributed by atoms with van der Waals surface area (Å²) in [6, 6.07) is 0. The molecule has 5 bridgehead atoms. The fourth-order valence-electron chi connectivity index (χ4n) is 7.10. The topological polar surface area (TPSA) is 229 Å². The van der Waals surface area contributed by atoms with Gasteiger partial charge in [-0.15, -0.1) is 5.10 Å². The second-order valence-electron chi connectivity index (χ2n) is 15.1. The van der Waals surface area contributed by atoms with Crippen LogP contribution in [0.5, 0.6) is 23.0 Å². The van der Waals surface area contributed by atoms with Crippen LogP contribution in [0.25, 0.3) is 10.8 Å². The van der Waals surface area contributed by atoms with Gasteiger partial charge in [-0.1, -0.05) is 45.9 Å². The number of fused-ring (bicyclic) bond motifs is 14. The number of carbonyl (C=O) groups is 3. The Morgan fingerprint density at radius 1 is 0.947 bits per heavy atom. The largest absolute Gasteiger partial charge is 0.507 e. The van der Waals surface area contributed by atoms with Crippen LogP contribution in [0.2, 0.25) is 0 Å². The molecule has 0 fully saturated rings. The molecule has 0 spiro atoms. The van der Waals surface area contributed by atoms with Crippen molar-refractivity contribution in [2.24, 2.45) is 33.9 Å². The van der Waals surface area contributed by atoms with Gasteiger partial charge < -0.3 is 54.7 Å². The van der Waals surface area contributed by atoms with Crippen LogP contribution in [0, 0.1) is 30.6 Å². The van der Waals surface area contributed by atoms with Crippen molar-refractivity contribution in [1.82, 2.24) is 4.90 Å². The van der Waals surface area contributed by atoms with Gasteiger partial charge in [-0.05, 0) is 19.9 Å². The SMILES string of the molecule is CO[C@H]1/C=C/O[C@@]2(C)Oc3c(C)c(O)c4c(O)c(c(/C=N/N=C/N(C)C)c(O)c4c3C2=O)NC(=O)/C(C)=C\C=C\[C@H](C)[C@H](O)[C@@H](C)[C@@H](O)[C@@H](C)[C@H](OC(C)=O)[C@@H]1C. The zero-order chi connectivity index (χ0) is 42.7. The number of amides is 1. The molecule has 0 aromatic heterocycles. The lowest BCUT2D eigenvalue weighted by Crippen LogP contribution is -2.46. The third kappa shape index (κ3) is 8.92. The van der Waals surface area contributed by atoms with Gasteiger partial charge in [0.05, 0.1) is 53.0 Å². The molecule has 9 atom stereocenters. The number of aliphatic hydroxyl groups is 2. The molecule has 0 radical (unpaired) electrons. The molecule has 0 saturated heterocycles. The van der Waals surface area contributed by atoms with E-state index >= 15 is 0 Å². The molecule has 0 aliphatic carbocycles. The van der Waals surface area contributed by atoms with E-state index in [4.69, 9.17) is 18.9 Å². The molecule has 5 rings (SSSR count). The lowest BCUT2D eigenvalue weighted by Gasteiger charge is -2.38. The number of esters is 1. The summed E-state index contributed by atoms with van der Waals surface area (Å²) in [4.78, 5) is 41.8. The summed E-state index contributed by atoms with van der Waals surface area (Å²) in [5, 5.41) is 67.7. The van der Waals surface area contributed by atoms with E-state index in [2.05, 4.69) is 15.5 Å². The van der Waals surface area contributed by atoms with E-state index in [1.54, 1.807) is 58.8 Å². The second kappa shape index (κ2) is 17.8. The number of nitrogens with zero attached hydrogens (tertiary/aromatic N) is 3. The van der Waals surface area contributed by atoms with E-state index in [9.17, 15) is 39.9 Å². The van der Waals surface area contributed by atoms with Gasteiger partial charge >= 0.3 is 11.8 Å². The lowest BCUT2D eigenvalue weighted by atomic mass is 9.78. The van der Waals surface area contributed by atoms with E-state index in [1.807, 2.05) is 0 Å². The van der Waals surface area contributed by atoms with E-state index < -0.39 is 88.8 Å². The van der Waals surface area contributed by atoms with E-state index in [1.165, 1.54) is 59.6 Å².